The fraction of sp³-hybridized carbons (Fsp3) is 0.538. The summed E-state index contributed by atoms with van der Waals surface area (Å²) in [5.74, 6) is 0.674. The molecule has 0 spiro atoms. The fourth-order valence-corrected chi connectivity index (χ4v) is 2.43. The average molecular weight is 284 g/mol. The van der Waals surface area contributed by atoms with Gasteiger partial charge in [-0.05, 0) is 36.6 Å². The summed E-state index contributed by atoms with van der Waals surface area (Å²) in [5, 5.41) is 3.53. The first-order valence-electron chi connectivity index (χ1n) is 5.89. The summed E-state index contributed by atoms with van der Waals surface area (Å²) in [6.07, 6.45) is 2.24. The molecule has 1 atom stereocenters. The molecule has 16 heavy (non-hydrogen) atoms. The number of halogens is 1. The first-order chi connectivity index (χ1) is 7.79. The van der Waals surface area contributed by atoms with E-state index < -0.39 is 0 Å². The van der Waals surface area contributed by atoms with Crippen LogP contribution in [0.2, 0.25) is 0 Å². The highest BCUT2D eigenvalue weighted by atomic mass is 79.9. The van der Waals surface area contributed by atoms with E-state index in [1.807, 2.05) is 0 Å². The summed E-state index contributed by atoms with van der Waals surface area (Å²) >= 11 is 3.51. The Morgan fingerprint density at radius 2 is 2.38 bits per heavy atom. The van der Waals surface area contributed by atoms with Gasteiger partial charge in [-0.1, -0.05) is 22.9 Å². The number of ether oxygens (including phenoxy) is 1. The number of hydrogen-bond donors (Lipinski definition) is 1. The Morgan fingerprint density at radius 1 is 1.50 bits per heavy atom. The smallest absolute Gasteiger partial charge is 0.0511 e. The van der Waals surface area contributed by atoms with Crippen LogP contribution in [0.3, 0.4) is 0 Å². The molecule has 1 aliphatic heterocycles. The molecule has 1 aliphatic rings. The van der Waals surface area contributed by atoms with Crippen molar-refractivity contribution in [2.75, 3.05) is 25.1 Å². The molecule has 0 amide bonds. The fourth-order valence-electron chi connectivity index (χ4n) is 2.03. The molecule has 0 bridgehead atoms. The Kier molecular flexibility index (Phi) is 4.24. The van der Waals surface area contributed by atoms with Gasteiger partial charge in [0.25, 0.3) is 0 Å². The van der Waals surface area contributed by atoms with Gasteiger partial charge >= 0.3 is 0 Å². The van der Waals surface area contributed by atoms with Crippen LogP contribution in [-0.2, 0) is 11.2 Å². The molecular weight excluding hydrogens is 266 g/mol. The molecule has 88 valence electrons. The molecule has 0 aliphatic carbocycles. The van der Waals surface area contributed by atoms with Crippen molar-refractivity contribution in [3.63, 3.8) is 0 Å². The van der Waals surface area contributed by atoms with E-state index >= 15 is 0 Å². The van der Waals surface area contributed by atoms with E-state index in [1.165, 1.54) is 17.7 Å². The number of nitrogens with one attached hydrogen (secondary N) is 1. The van der Waals surface area contributed by atoms with E-state index in [0.717, 1.165) is 30.7 Å². The number of benzene rings is 1. The number of aryl methyl sites for hydroxylation is 1. The van der Waals surface area contributed by atoms with Crippen LogP contribution >= 0.6 is 15.9 Å². The topological polar surface area (TPSA) is 21.3 Å². The zero-order valence-corrected chi connectivity index (χ0v) is 11.2. The van der Waals surface area contributed by atoms with Crippen molar-refractivity contribution in [2.24, 2.45) is 5.92 Å². The zero-order chi connectivity index (χ0) is 11.4. The molecule has 0 saturated carbocycles. The summed E-state index contributed by atoms with van der Waals surface area (Å²) in [6.45, 7) is 5.04. The lowest BCUT2D eigenvalue weighted by molar-refractivity contribution is 0.187. The highest BCUT2D eigenvalue weighted by Crippen LogP contribution is 2.22. The minimum absolute atomic E-state index is 0.674. The lowest BCUT2D eigenvalue weighted by atomic mass is 10.1. The van der Waals surface area contributed by atoms with E-state index in [2.05, 4.69) is 46.4 Å². The summed E-state index contributed by atoms with van der Waals surface area (Å²) in [4.78, 5) is 0. The maximum Gasteiger partial charge on any atom is 0.0511 e. The van der Waals surface area contributed by atoms with Gasteiger partial charge < -0.3 is 10.1 Å². The molecule has 1 fully saturated rings. The van der Waals surface area contributed by atoms with Crippen molar-refractivity contribution in [1.29, 1.82) is 0 Å². The van der Waals surface area contributed by atoms with Crippen molar-refractivity contribution in [3.05, 3.63) is 28.2 Å². The van der Waals surface area contributed by atoms with Crippen LogP contribution in [0.25, 0.3) is 0 Å². The van der Waals surface area contributed by atoms with Crippen LogP contribution in [0, 0.1) is 5.92 Å². The van der Waals surface area contributed by atoms with Gasteiger partial charge in [0.1, 0.15) is 0 Å². The largest absolute Gasteiger partial charge is 0.384 e. The van der Waals surface area contributed by atoms with E-state index in [-0.39, 0.29) is 0 Å². The van der Waals surface area contributed by atoms with Gasteiger partial charge in [-0.3, -0.25) is 0 Å². The summed E-state index contributed by atoms with van der Waals surface area (Å²) in [7, 11) is 0. The third-order valence-corrected chi connectivity index (χ3v) is 3.55. The van der Waals surface area contributed by atoms with Crippen molar-refractivity contribution in [3.8, 4) is 0 Å². The van der Waals surface area contributed by atoms with Crippen LogP contribution in [0.4, 0.5) is 5.69 Å². The van der Waals surface area contributed by atoms with Gasteiger partial charge in [0.15, 0.2) is 0 Å². The molecule has 3 heteroatoms. The molecule has 0 radical (unpaired) electrons. The predicted molar refractivity (Wildman–Crippen MR) is 70.9 cm³/mol. The average Bonchev–Trinajstić information content (AvgIpc) is 2.80. The quantitative estimate of drug-likeness (QED) is 0.914. The van der Waals surface area contributed by atoms with E-state index in [4.69, 9.17) is 4.74 Å². The predicted octanol–water partition coefficient (Wildman–Crippen LogP) is 3.46. The third kappa shape index (κ3) is 2.98. The van der Waals surface area contributed by atoms with Crippen molar-refractivity contribution >= 4 is 21.6 Å². The zero-order valence-electron chi connectivity index (χ0n) is 9.63. The molecule has 1 aromatic rings. The number of hydrogen-bond acceptors (Lipinski definition) is 2. The molecule has 1 N–H and O–H groups in total. The summed E-state index contributed by atoms with van der Waals surface area (Å²) < 4.78 is 6.53. The molecule has 1 heterocycles. The van der Waals surface area contributed by atoms with Crippen molar-refractivity contribution in [2.45, 2.75) is 19.8 Å². The maximum atomic E-state index is 5.37. The van der Waals surface area contributed by atoms with Gasteiger partial charge in [-0.25, -0.2) is 0 Å². The second kappa shape index (κ2) is 5.69. The minimum Gasteiger partial charge on any atom is -0.384 e. The number of anilines is 1. The standard InChI is InChI=1S/C13H18BrNO/c1-2-11-7-12(14)3-4-13(11)15-8-10-5-6-16-9-10/h3-4,7,10,15H,2,5-6,8-9H2,1H3. The normalized spacial score (nSPS) is 20.0. The third-order valence-electron chi connectivity index (χ3n) is 3.05. The first-order valence-corrected chi connectivity index (χ1v) is 6.69. The lowest BCUT2D eigenvalue weighted by Gasteiger charge is -2.14. The minimum atomic E-state index is 0.674. The first kappa shape index (κ1) is 11.9. The van der Waals surface area contributed by atoms with Gasteiger partial charge in [0, 0.05) is 29.2 Å². The lowest BCUT2D eigenvalue weighted by Crippen LogP contribution is -2.14. The summed E-state index contributed by atoms with van der Waals surface area (Å²) in [5.41, 5.74) is 2.63. The highest BCUT2D eigenvalue weighted by Gasteiger charge is 2.15. The molecular formula is C13H18BrNO. The van der Waals surface area contributed by atoms with Gasteiger partial charge in [-0.2, -0.15) is 0 Å². The number of rotatable bonds is 4. The molecule has 1 unspecified atom stereocenters. The van der Waals surface area contributed by atoms with Gasteiger partial charge in [-0.15, -0.1) is 0 Å². The highest BCUT2D eigenvalue weighted by molar-refractivity contribution is 9.10. The van der Waals surface area contributed by atoms with Crippen molar-refractivity contribution < 1.29 is 4.74 Å². The molecule has 1 aromatic carbocycles. The Balaban J connectivity index is 1.97. The van der Waals surface area contributed by atoms with Crippen LogP contribution in [0.15, 0.2) is 22.7 Å². The Hall–Kier alpha value is -0.540. The Labute approximate surface area is 106 Å². The molecule has 2 nitrogen and oxygen atoms in total. The molecule has 2 rings (SSSR count). The van der Waals surface area contributed by atoms with Gasteiger partial charge in [0.05, 0.1) is 6.61 Å². The van der Waals surface area contributed by atoms with Crippen LogP contribution in [0.1, 0.15) is 18.9 Å². The van der Waals surface area contributed by atoms with Crippen LogP contribution in [-0.4, -0.2) is 19.8 Å². The van der Waals surface area contributed by atoms with E-state index in [1.54, 1.807) is 0 Å². The van der Waals surface area contributed by atoms with Crippen molar-refractivity contribution in [1.82, 2.24) is 0 Å². The van der Waals surface area contributed by atoms with E-state index in [9.17, 15) is 0 Å². The Bertz CT molecular complexity index is 348. The second-order valence-electron chi connectivity index (χ2n) is 4.27. The van der Waals surface area contributed by atoms with Crippen LogP contribution in [0.5, 0.6) is 0 Å². The van der Waals surface area contributed by atoms with Gasteiger partial charge in [0.2, 0.25) is 0 Å². The monoisotopic (exact) mass is 283 g/mol. The van der Waals surface area contributed by atoms with Crippen LogP contribution < -0.4 is 5.32 Å². The Morgan fingerprint density at radius 3 is 3.06 bits per heavy atom. The molecule has 1 saturated heterocycles. The second-order valence-corrected chi connectivity index (χ2v) is 5.18. The van der Waals surface area contributed by atoms with E-state index in [0.29, 0.717) is 5.92 Å². The molecule has 0 aromatic heterocycles. The SMILES string of the molecule is CCc1cc(Br)ccc1NCC1CCOC1. The summed E-state index contributed by atoms with van der Waals surface area (Å²) in [6, 6.07) is 6.43. The maximum absolute atomic E-state index is 5.37.